The summed E-state index contributed by atoms with van der Waals surface area (Å²) in [5.74, 6) is 0.131. The summed E-state index contributed by atoms with van der Waals surface area (Å²) in [6, 6.07) is 11.0. The van der Waals surface area contributed by atoms with Crippen LogP contribution in [-0.2, 0) is 6.61 Å². The fourth-order valence-electron chi connectivity index (χ4n) is 2.11. The zero-order chi connectivity index (χ0) is 16.1. The lowest BCUT2D eigenvalue weighted by molar-refractivity contribution is 0.0998. The molecule has 0 saturated heterocycles. The third kappa shape index (κ3) is 3.67. The number of amides is 1. The first-order chi connectivity index (χ1) is 10.5. The van der Waals surface area contributed by atoms with Gasteiger partial charge in [0.1, 0.15) is 12.4 Å². The molecule has 0 aliphatic carbocycles. The van der Waals surface area contributed by atoms with Crippen LogP contribution >= 0.6 is 15.9 Å². The zero-order valence-electron chi connectivity index (χ0n) is 12.2. The van der Waals surface area contributed by atoms with Crippen LogP contribution in [-0.4, -0.2) is 5.91 Å². The average molecular weight is 360 g/mol. The van der Waals surface area contributed by atoms with Gasteiger partial charge >= 0.3 is 0 Å². The molecule has 112 valence electrons. The number of rotatable bonds is 4. The number of carbonyl (C=O) groups is 1. The Morgan fingerprint density at radius 1 is 1.32 bits per heavy atom. The maximum absolute atomic E-state index is 11.8. The standard InChI is InChI=1S/C16H14BrN3O2/c1-10-6-7-15(11(2)8-10)22-9-13-12(16(21)19-20-18)4-3-5-14(13)17/h3-8H,9H2,1-2H3. The summed E-state index contributed by atoms with van der Waals surface area (Å²) in [6.45, 7) is 4.18. The molecule has 0 aliphatic rings. The van der Waals surface area contributed by atoms with Crippen LogP contribution in [0, 0.1) is 13.8 Å². The van der Waals surface area contributed by atoms with Crippen LogP contribution in [0.5, 0.6) is 5.75 Å². The van der Waals surface area contributed by atoms with Gasteiger partial charge < -0.3 is 4.74 Å². The van der Waals surface area contributed by atoms with Crippen molar-refractivity contribution in [1.82, 2.24) is 0 Å². The molecule has 0 bridgehead atoms. The van der Waals surface area contributed by atoms with Gasteiger partial charge in [0.25, 0.3) is 0 Å². The fraction of sp³-hybridized carbons (Fsp3) is 0.188. The van der Waals surface area contributed by atoms with Gasteiger partial charge in [-0.15, -0.1) is 0 Å². The molecule has 1 amide bonds. The predicted molar refractivity (Wildman–Crippen MR) is 87.9 cm³/mol. The maximum atomic E-state index is 11.8. The van der Waals surface area contributed by atoms with Crippen LogP contribution in [0.4, 0.5) is 0 Å². The summed E-state index contributed by atoms with van der Waals surface area (Å²) in [7, 11) is 0. The number of halogens is 1. The lowest BCUT2D eigenvalue weighted by Gasteiger charge is -2.13. The number of aryl methyl sites for hydroxylation is 2. The lowest BCUT2D eigenvalue weighted by Crippen LogP contribution is -2.06. The van der Waals surface area contributed by atoms with E-state index in [9.17, 15) is 4.79 Å². The summed E-state index contributed by atoms with van der Waals surface area (Å²) in [6.07, 6.45) is 0. The van der Waals surface area contributed by atoms with E-state index in [0.29, 0.717) is 11.1 Å². The van der Waals surface area contributed by atoms with Gasteiger partial charge in [-0.3, -0.25) is 4.79 Å². The van der Waals surface area contributed by atoms with Crippen LogP contribution < -0.4 is 4.74 Å². The molecule has 6 heteroatoms. The first-order valence-electron chi connectivity index (χ1n) is 6.60. The number of hydrogen-bond acceptors (Lipinski definition) is 2. The smallest absolute Gasteiger partial charge is 0.249 e. The van der Waals surface area contributed by atoms with E-state index in [4.69, 9.17) is 10.3 Å². The molecule has 0 atom stereocenters. The minimum Gasteiger partial charge on any atom is -0.489 e. The molecule has 0 aliphatic heterocycles. The van der Waals surface area contributed by atoms with Crippen molar-refractivity contribution in [3.8, 4) is 5.75 Å². The van der Waals surface area contributed by atoms with Gasteiger partial charge in [0.05, 0.1) is 0 Å². The van der Waals surface area contributed by atoms with Gasteiger partial charge in [-0.2, -0.15) is 0 Å². The largest absolute Gasteiger partial charge is 0.489 e. The zero-order valence-corrected chi connectivity index (χ0v) is 13.8. The molecule has 0 aromatic heterocycles. The molecular formula is C16H14BrN3O2. The van der Waals surface area contributed by atoms with E-state index in [1.165, 1.54) is 0 Å². The van der Waals surface area contributed by atoms with E-state index in [-0.39, 0.29) is 6.61 Å². The Labute approximate surface area is 136 Å². The van der Waals surface area contributed by atoms with Gasteiger partial charge in [0.15, 0.2) is 0 Å². The maximum Gasteiger partial charge on any atom is 0.249 e. The van der Waals surface area contributed by atoms with Crippen molar-refractivity contribution in [2.75, 3.05) is 0 Å². The van der Waals surface area contributed by atoms with Crippen molar-refractivity contribution in [2.24, 2.45) is 5.11 Å². The van der Waals surface area contributed by atoms with Crippen LogP contribution in [0.15, 0.2) is 46.0 Å². The van der Waals surface area contributed by atoms with E-state index >= 15 is 0 Å². The van der Waals surface area contributed by atoms with E-state index in [2.05, 4.69) is 26.0 Å². The van der Waals surface area contributed by atoms with E-state index in [0.717, 1.165) is 21.3 Å². The van der Waals surface area contributed by atoms with E-state index < -0.39 is 5.91 Å². The Hall–Kier alpha value is -2.30. The Kier molecular flexibility index (Phi) is 5.20. The van der Waals surface area contributed by atoms with Crippen LogP contribution in [0.25, 0.3) is 10.4 Å². The Morgan fingerprint density at radius 3 is 2.77 bits per heavy atom. The quantitative estimate of drug-likeness (QED) is 0.432. The Bertz CT molecular complexity index is 768. The molecule has 2 aromatic rings. The Balaban J connectivity index is 2.29. The summed E-state index contributed by atoms with van der Waals surface area (Å²) in [5, 5.41) is 3.15. The van der Waals surface area contributed by atoms with Crippen molar-refractivity contribution in [3.05, 3.63) is 73.6 Å². The number of nitrogens with zero attached hydrogens (tertiary/aromatic N) is 3. The highest BCUT2D eigenvalue weighted by molar-refractivity contribution is 9.10. The van der Waals surface area contributed by atoms with Gasteiger partial charge in [-0.25, -0.2) is 0 Å². The van der Waals surface area contributed by atoms with Gasteiger partial charge in [-0.1, -0.05) is 45.8 Å². The molecule has 0 radical (unpaired) electrons. The second kappa shape index (κ2) is 7.11. The molecule has 22 heavy (non-hydrogen) atoms. The normalized spacial score (nSPS) is 9.95. The summed E-state index contributed by atoms with van der Waals surface area (Å²) >= 11 is 3.40. The van der Waals surface area contributed by atoms with Crippen molar-refractivity contribution in [1.29, 1.82) is 0 Å². The van der Waals surface area contributed by atoms with Crippen molar-refractivity contribution in [2.45, 2.75) is 20.5 Å². The summed E-state index contributed by atoms with van der Waals surface area (Å²) in [5.41, 5.74) is 11.6. The third-order valence-corrected chi connectivity index (χ3v) is 3.93. The predicted octanol–water partition coefficient (Wildman–Crippen LogP) is 5.10. The third-order valence-electron chi connectivity index (χ3n) is 3.19. The molecule has 2 aromatic carbocycles. The highest BCUT2D eigenvalue weighted by atomic mass is 79.9. The number of azide groups is 1. The first kappa shape index (κ1) is 16.1. The highest BCUT2D eigenvalue weighted by Gasteiger charge is 2.13. The number of ether oxygens (including phenoxy) is 1. The average Bonchev–Trinajstić information content (AvgIpc) is 2.47. The topological polar surface area (TPSA) is 75.1 Å². The minimum atomic E-state index is -0.622. The second-order valence-electron chi connectivity index (χ2n) is 4.82. The SMILES string of the molecule is Cc1ccc(OCc2c(Br)cccc2C(=O)N=[N+]=[N-])c(C)c1. The molecule has 0 heterocycles. The van der Waals surface area contributed by atoms with Crippen molar-refractivity contribution in [3.63, 3.8) is 0 Å². The number of carbonyl (C=O) groups excluding carboxylic acids is 1. The Morgan fingerprint density at radius 2 is 2.09 bits per heavy atom. The van der Waals surface area contributed by atoms with Gasteiger partial charge in [-0.05, 0) is 42.2 Å². The summed E-state index contributed by atoms with van der Waals surface area (Å²) < 4.78 is 6.54. The van der Waals surface area contributed by atoms with Gasteiger partial charge in [0.2, 0.25) is 5.91 Å². The second-order valence-corrected chi connectivity index (χ2v) is 5.67. The summed E-state index contributed by atoms with van der Waals surface area (Å²) in [4.78, 5) is 14.4. The molecule has 0 saturated carbocycles. The molecule has 0 spiro atoms. The molecule has 0 fully saturated rings. The molecule has 0 N–H and O–H groups in total. The molecule has 5 nitrogen and oxygen atoms in total. The monoisotopic (exact) mass is 359 g/mol. The lowest BCUT2D eigenvalue weighted by atomic mass is 10.1. The van der Waals surface area contributed by atoms with Crippen molar-refractivity contribution < 1.29 is 9.53 Å². The highest BCUT2D eigenvalue weighted by Crippen LogP contribution is 2.25. The first-order valence-corrected chi connectivity index (χ1v) is 7.39. The number of benzene rings is 2. The van der Waals surface area contributed by atoms with E-state index in [1.807, 2.05) is 38.1 Å². The minimum absolute atomic E-state index is 0.202. The molecular weight excluding hydrogens is 346 g/mol. The molecule has 2 rings (SSSR count). The van der Waals surface area contributed by atoms with Crippen LogP contribution in [0.1, 0.15) is 27.0 Å². The number of hydrogen-bond donors (Lipinski definition) is 0. The van der Waals surface area contributed by atoms with Crippen LogP contribution in [0.3, 0.4) is 0 Å². The van der Waals surface area contributed by atoms with Crippen LogP contribution in [0.2, 0.25) is 0 Å². The molecule has 0 unspecified atom stereocenters. The van der Waals surface area contributed by atoms with E-state index in [1.54, 1.807) is 12.1 Å². The van der Waals surface area contributed by atoms with Gasteiger partial charge in [0, 0.05) is 20.5 Å². The van der Waals surface area contributed by atoms with Crippen molar-refractivity contribution >= 4 is 21.8 Å². The fourth-order valence-corrected chi connectivity index (χ4v) is 2.59.